The van der Waals surface area contributed by atoms with Crippen LogP contribution in [0.1, 0.15) is 26.2 Å². The average molecular weight is 416 g/mol. The molecule has 0 spiro atoms. The maximum Gasteiger partial charge on any atom is 0.472 e. The summed E-state index contributed by atoms with van der Waals surface area (Å²) >= 11 is 0. The summed E-state index contributed by atoms with van der Waals surface area (Å²) in [7, 11) is -6.24. The van der Waals surface area contributed by atoms with Crippen LogP contribution >= 0.6 is 15.6 Å². The van der Waals surface area contributed by atoms with Crippen molar-refractivity contribution in [2.75, 3.05) is 27.4 Å². The fourth-order valence-corrected chi connectivity index (χ4v) is 3.83. The van der Waals surface area contributed by atoms with Gasteiger partial charge in [-0.15, -0.1) is 12.3 Å². The van der Waals surface area contributed by atoms with Crippen molar-refractivity contribution in [1.29, 1.82) is 0 Å². The van der Waals surface area contributed by atoms with Gasteiger partial charge in [-0.05, 0) is 19.8 Å². The molecule has 0 radical (unpaired) electrons. The van der Waals surface area contributed by atoms with Gasteiger partial charge in [0, 0.05) is 20.6 Å². The van der Waals surface area contributed by atoms with Crippen LogP contribution in [0.25, 0.3) is 0 Å². The van der Waals surface area contributed by atoms with Gasteiger partial charge in [-0.2, -0.15) is 0 Å². The van der Waals surface area contributed by atoms with Gasteiger partial charge in [0.15, 0.2) is 0 Å². The number of phosphoric ester groups is 2. The molecule has 0 bridgehead atoms. The topological polar surface area (TPSA) is 130 Å². The zero-order valence-electron chi connectivity index (χ0n) is 15.0. The van der Waals surface area contributed by atoms with Gasteiger partial charge in [0.05, 0.1) is 19.3 Å². The quantitative estimate of drug-likeness (QED) is 0.276. The van der Waals surface area contributed by atoms with Gasteiger partial charge in [0.2, 0.25) is 0 Å². The summed E-state index contributed by atoms with van der Waals surface area (Å²) < 4.78 is 53.6. The highest BCUT2D eigenvalue weighted by Gasteiger charge is 2.47. The highest BCUT2D eigenvalue weighted by Crippen LogP contribution is 2.48. The van der Waals surface area contributed by atoms with E-state index >= 15 is 0 Å². The van der Waals surface area contributed by atoms with E-state index in [1.54, 1.807) is 6.92 Å². The number of methoxy groups -OCH3 is 1. The lowest BCUT2D eigenvalue weighted by Crippen LogP contribution is -2.37. The standard InChI is InChI=1S/C14H26O10P2/c1-5-6-7-8-9-21-26(17,18)22-10-12-14(24-25(15,16)20-4)13(19-3)11(2)23-12/h1,11-14H,6-10H2,2-4H3,(H,15,16)(H,17,18)/t11-,12+,13?,14-/m0/s1. The van der Waals surface area contributed by atoms with E-state index in [0.29, 0.717) is 19.3 Å². The zero-order valence-corrected chi connectivity index (χ0v) is 16.8. The van der Waals surface area contributed by atoms with Gasteiger partial charge in [-0.3, -0.25) is 18.1 Å². The SMILES string of the molecule is C#CCCCCOP(=O)(O)OC[C@H]1O[C@@H](C)C(OC)[C@H]1OP(=O)(O)OC. The zero-order chi connectivity index (χ0) is 19.8. The lowest BCUT2D eigenvalue weighted by atomic mass is 10.1. The second kappa shape index (κ2) is 10.9. The Morgan fingerprint density at radius 2 is 1.81 bits per heavy atom. The van der Waals surface area contributed by atoms with Gasteiger partial charge in [-0.1, -0.05) is 0 Å². The van der Waals surface area contributed by atoms with Gasteiger partial charge in [-0.25, -0.2) is 9.13 Å². The first kappa shape index (κ1) is 23.7. The maximum absolute atomic E-state index is 11.9. The summed E-state index contributed by atoms with van der Waals surface area (Å²) in [6, 6.07) is 0. The minimum Gasteiger partial charge on any atom is -0.376 e. The van der Waals surface area contributed by atoms with Crippen molar-refractivity contribution >= 4 is 15.6 Å². The van der Waals surface area contributed by atoms with Crippen LogP contribution in [0, 0.1) is 12.3 Å². The number of hydrogen-bond donors (Lipinski definition) is 2. The molecule has 6 atom stereocenters. The first-order chi connectivity index (χ1) is 12.2. The minimum atomic E-state index is -4.32. The summed E-state index contributed by atoms with van der Waals surface area (Å²) in [5.41, 5.74) is 0. The average Bonchev–Trinajstić information content (AvgIpc) is 2.87. The Morgan fingerprint density at radius 1 is 1.12 bits per heavy atom. The summed E-state index contributed by atoms with van der Waals surface area (Å²) in [4.78, 5) is 19.2. The molecule has 3 unspecified atom stereocenters. The summed E-state index contributed by atoms with van der Waals surface area (Å²) in [6.07, 6.45) is 3.66. The lowest BCUT2D eigenvalue weighted by Gasteiger charge is -2.24. The molecule has 0 aliphatic carbocycles. The largest absolute Gasteiger partial charge is 0.472 e. The van der Waals surface area contributed by atoms with E-state index in [-0.39, 0.29) is 6.61 Å². The Bertz CT molecular complexity index is 562. The lowest BCUT2D eigenvalue weighted by molar-refractivity contribution is -0.0204. The molecule has 0 amide bonds. The Balaban J connectivity index is 2.60. The molecular formula is C14H26O10P2. The Hall–Kier alpha value is -0.300. The molecule has 12 heteroatoms. The fraction of sp³-hybridized carbons (Fsp3) is 0.857. The van der Waals surface area contributed by atoms with Gasteiger partial charge in [0.25, 0.3) is 0 Å². The third-order valence-electron chi connectivity index (χ3n) is 3.67. The van der Waals surface area contributed by atoms with Crippen LogP contribution < -0.4 is 0 Å². The van der Waals surface area contributed by atoms with Crippen LogP contribution in [0.2, 0.25) is 0 Å². The van der Waals surface area contributed by atoms with Crippen LogP contribution in [0.4, 0.5) is 0 Å². The maximum atomic E-state index is 11.9. The molecule has 0 aromatic carbocycles. The van der Waals surface area contributed by atoms with E-state index in [2.05, 4.69) is 10.4 Å². The van der Waals surface area contributed by atoms with E-state index < -0.39 is 46.7 Å². The molecule has 10 nitrogen and oxygen atoms in total. The van der Waals surface area contributed by atoms with E-state index in [4.69, 9.17) is 29.5 Å². The smallest absolute Gasteiger partial charge is 0.376 e. The molecule has 152 valence electrons. The number of ether oxygens (including phenoxy) is 2. The molecule has 0 aromatic rings. The molecule has 1 aliphatic rings. The number of rotatable bonds is 12. The van der Waals surface area contributed by atoms with E-state index in [0.717, 1.165) is 7.11 Å². The first-order valence-corrected chi connectivity index (χ1v) is 11.0. The van der Waals surface area contributed by atoms with Crippen molar-refractivity contribution in [1.82, 2.24) is 0 Å². The molecule has 0 saturated carbocycles. The third kappa shape index (κ3) is 7.75. The number of terminal acetylenes is 1. The normalized spacial score (nSPS) is 30.5. The summed E-state index contributed by atoms with van der Waals surface area (Å²) in [5, 5.41) is 0. The molecule has 1 saturated heterocycles. The Labute approximate surface area is 153 Å². The second-order valence-corrected chi connectivity index (χ2v) is 8.53. The van der Waals surface area contributed by atoms with Crippen LogP contribution in [0.15, 0.2) is 0 Å². The van der Waals surface area contributed by atoms with Crippen LogP contribution in [0.3, 0.4) is 0 Å². The Kier molecular flexibility index (Phi) is 9.94. The number of phosphoric acid groups is 2. The third-order valence-corrected chi connectivity index (χ3v) is 5.63. The van der Waals surface area contributed by atoms with Gasteiger partial charge >= 0.3 is 15.6 Å². The molecule has 2 N–H and O–H groups in total. The summed E-state index contributed by atoms with van der Waals surface area (Å²) in [6.45, 7) is 1.27. The molecular weight excluding hydrogens is 390 g/mol. The Morgan fingerprint density at radius 3 is 2.38 bits per heavy atom. The predicted molar refractivity (Wildman–Crippen MR) is 91.3 cm³/mol. The molecule has 1 aliphatic heterocycles. The van der Waals surface area contributed by atoms with Crippen molar-refractivity contribution < 1.29 is 46.5 Å². The number of unbranched alkanes of at least 4 members (excludes halogenated alkanes) is 2. The highest BCUT2D eigenvalue weighted by molar-refractivity contribution is 7.47. The molecule has 1 fully saturated rings. The van der Waals surface area contributed by atoms with Gasteiger partial charge < -0.3 is 19.3 Å². The molecule has 0 aromatic heterocycles. The van der Waals surface area contributed by atoms with E-state index in [1.807, 2.05) is 0 Å². The van der Waals surface area contributed by atoms with Crippen molar-refractivity contribution in [3.63, 3.8) is 0 Å². The van der Waals surface area contributed by atoms with Crippen LogP contribution in [-0.4, -0.2) is 61.6 Å². The van der Waals surface area contributed by atoms with Crippen molar-refractivity contribution in [3.05, 3.63) is 0 Å². The monoisotopic (exact) mass is 416 g/mol. The fourth-order valence-electron chi connectivity index (χ4n) is 2.41. The van der Waals surface area contributed by atoms with E-state index in [1.165, 1.54) is 7.11 Å². The number of hydrogen-bond acceptors (Lipinski definition) is 8. The minimum absolute atomic E-state index is 0.00747. The predicted octanol–water partition coefficient (Wildman–Crippen LogP) is 1.86. The van der Waals surface area contributed by atoms with Crippen molar-refractivity contribution in [2.24, 2.45) is 0 Å². The van der Waals surface area contributed by atoms with Crippen molar-refractivity contribution in [2.45, 2.75) is 50.6 Å². The molecule has 1 heterocycles. The van der Waals surface area contributed by atoms with Gasteiger partial charge in [0.1, 0.15) is 18.3 Å². The molecule has 26 heavy (non-hydrogen) atoms. The second-order valence-electron chi connectivity index (χ2n) is 5.56. The van der Waals surface area contributed by atoms with Crippen molar-refractivity contribution in [3.8, 4) is 12.3 Å². The van der Waals surface area contributed by atoms with Crippen LogP contribution in [0.5, 0.6) is 0 Å². The highest BCUT2D eigenvalue weighted by atomic mass is 31.2. The molecule has 1 rings (SSSR count). The van der Waals surface area contributed by atoms with Crippen LogP contribution in [-0.2, 0) is 36.7 Å². The summed E-state index contributed by atoms with van der Waals surface area (Å²) in [5.74, 6) is 2.46. The first-order valence-electron chi connectivity index (χ1n) is 7.96. The van der Waals surface area contributed by atoms with E-state index in [9.17, 15) is 18.9 Å².